The normalized spacial score (nSPS) is 19.0. The first-order valence-electron chi connectivity index (χ1n) is 8.20. The second kappa shape index (κ2) is 7.27. The van der Waals surface area contributed by atoms with Crippen molar-refractivity contribution in [2.24, 2.45) is 0 Å². The first-order chi connectivity index (χ1) is 11.9. The number of hydrogen-bond acceptors (Lipinski definition) is 6. The number of piperidine rings is 1. The van der Waals surface area contributed by atoms with E-state index in [1.165, 1.54) is 15.6 Å². The Balaban J connectivity index is 1.82. The molecule has 0 saturated carbocycles. The van der Waals surface area contributed by atoms with E-state index in [0.717, 1.165) is 23.8 Å². The highest BCUT2D eigenvalue weighted by Crippen LogP contribution is 2.32. The molecule has 3 rings (SSSR count). The molecule has 9 heteroatoms. The summed E-state index contributed by atoms with van der Waals surface area (Å²) < 4.78 is 31.6. The van der Waals surface area contributed by atoms with Gasteiger partial charge in [0, 0.05) is 6.54 Å². The first-order valence-corrected chi connectivity index (χ1v) is 10.9. The van der Waals surface area contributed by atoms with Crippen molar-refractivity contribution in [3.05, 3.63) is 18.2 Å². The summed E-state index contributed by atoms with van der Waals surface area (Å²) in [6.45, 7) is 2.81. The molecule has 0 bridgehead atoms. The van der Waals surface area contributed by atoms with Gasteiger partial charge in [-0.25, -0.2) is 13.4 Å². The van der Waals surface area contributed by atoms with Crippen LogP contribution in [0.15, 0.2) is 18.2 Å². The largest absolute Gasteiger partial charge is 0.492 e. The minimum Gasteiger partial charge on any atom is -0.492 e. The molecule has 1 aliphatic heterocycles. The number of sulfonamides is 1. The third kappa shape index (κ3) is 3.94. The van der Waals surface area contributed by atoms with E-state index in [1.54, 1.807) is 0 Å². The third-order valence-electron chi connectivity index (χ3n) is 4.09. The lowest BCUT2D eigenvalue weighted by molar-refractivity contribution is -0.120. The summed E-state index contributed by atoms with van der Waals surface area (Å²) in [5.74, 6) is 0.342. The zero-order valence-corrected chi connectivity index (χ0v) is 15.8. The highest BCUT2D eigenvalue weighted by atomic mass is 32.2. The Morgan fingerprint density at radius 3 is 2.96 bits per heavy atom. The lowest BCUT2D eigenvalue weighted by Gasteiger charge is -2.32. The molecular formula is C16H21N3O4S2. The number of aromatic nitrogens is 1. The summed E-state index contributed by atoms with van der Waals surface area (Å²) in [7, 11) is -3.42. The molecule has 25 heavy (non-hydrogen) atoms. The van der Waals surface area contributed by atoms with Crippen molar-refractivity contribution in [3.8, 4) is 5.75 Å². The SMILES string of the molecule is CCOc1cccc2sc(NC(=O)C3CCCCN3S(C)(=O)=O)nc12. The molecule has 1 atom stereocenters. The van der Waals surface area contributed by atoms with E-state index < -0.39 is 16.1 Å². The van der Waals surface area contributed by atoms with E-state index in [2.05, 4.69) is 10.3 Å². The molecule has 1 unspecified atom stereocenters. The van der Waals surface area contributed by atoms with Crippen LogP contribution in [0.5, 0.6) is 5.75 Å². The molecule has 0 aliphatic carbocycles. The molecule has 0 radical (unpaired) electrons. The van der Waals surface area contributed by atoms with Crippen molar-refractivity contribution in [3.63, 3.8) is 0 Å². The van der Waals surface area contributed by atoms with Crippen LogP contribution in [0, 0.1) is 0 Å². The fourth-order valence-electron chi connectivity index (χ4n) is 3.00. The molecule has 2 heterocycles. The van der Waals surface area contributed by atoms with Gasteiger partial charge in [0.05, 0.1) is 17.6 Å². The van der Waals surface area contributed by atoms with E-state index >= 15 is 0 Å². The topological polar surface area (TPSA) is 88.6 Å². The van der Waals surface area contributed by atoms with Crippen LogP contribution in [-0.2, 0) is 14.8 Å². The van der Waals surface area contributed by atoms with Crippen LogP contribution >= 0.6 is 11.3 Å². The fraction of sp³-hybridized carbons (Fsp3) is 0.500. The molecule has 7 nitrogen and oxygen atoms in total. The van der Waals surface area contributed by atoms with Gasteiger partial charge in [-0.2, -0.15) is 4.31 Å². The van der Waals surface area contributed by atoms with Gasteiger partial charge in [-0.05, 0) is 31.9 Å². The fourth-order valence-corrected chi connectivity index (χ4v) is 5.01. The highest BCUT2D eigenvalue weighted by Gasteiger charge is 2.34. The van der Waals surface area contributed by atoms with Crippen molar-refractivity contribution in [2.75, 3.05) is 24.7 Å². The van der Waals surface area contributed by atoms with Crippen molar-refractivity contribution >= 4 is 42.6 Å². The van der Waals surface area contributed by atoms with E-state index in [9.17, 15) is 13.2 Å². The summed E-state index contributed by atoms with van der Waals surface area (Å²) in [5.41, 5.74) is 0.702. The van der Waals surface area contributed by atoms with Gasteiger partial charge >= 0.3 is 0 Å². The Labute approximate surface area is 151 Å². The number of thiazole rings is 1. The lowest BCUT2D eigenvalue weighted by atomic mass is 10.0. The Morgan fingerprint density at radius 2 is 2.24 bits per heavy atom. The van der Waals surface area contributed by atoms with Gasteiger partial charge < -0.3 is 10.1 Å². The molecule has 1 saturated heterocycles. The van der Waals surface area contributed by atoms with Crippen LogP contribution in [0.1, 0.15) is 26.2 Å². The molecule has 1 aromatic heterocycles. The van der Waals surface area contributed by atoms with Crippen LogP contribution in [0.25, 0.3) is 10.2 Å². The highest BCUT2D eigenvalue weighted by molar-refractivity contribution is 7.88. The van der Waals surface area contributed by atoms with Crippen molar-refractivity contribution < 1.29 is 17.9 Å². The monoisotopic (exact) mass is 383 g/mol. The third-order valence-corrected chi connectivity index (χ3v) is 6.32. The molecule has 0 spiro atoms. The van der Waals surface area contributed by atoms with Gasteiger partial charge in [0.1, 0.15) is 17.3 Å². The van der Waals surface area contributed by atoms with Crippen LogP contribution in [0.2, 0.25) is 0 Å². The second-order valence-electron chi connectivity index (χ2n) is 5.93. The summed E-state index contributed by atoms with van der Waals surface area (Å²) in [5, 5.41) is 3.23. The van der Waals surface area contributed by atoms with Crippen molar-refractivity contribution in [1.29, 1.82) is 0 Å². The molecule has 1 amide bonds. The maximum atomic E-state index is 12.6. The number of ether oxygens (including phenoxy) is 1. The lowest BCUT2D eigenvalue weighted by Crippen LogP contribution is -2.49. The zero-order chi connectivity index (χ0) is 18.0. The van der Waals surface area contributed by atoms with Crippen LogP contribution in [0.3, 0.4) is 0 Å². The molecule has 136 valence electrons. The number of amides is 1. The molecule has 1 aromatic carbocycles. The summed E-state index contributed by atoms with van der Waals surface area (Å²) in [6, 6.07) is 4.95. The standard InChI is InChI=1S/C16H21N3O4S2/c1-3-23-12-8-6-9-13-14(12)17-16(24-13)18-15(20)11-7-4-5-10-19(11)25(2,21)22/h6,8-9,11H,3-5,7,10H2,1-2H3,(H,17,18,20). The Bertz CT molecular complexity index is 879. The average Bonchev–Trinajstić information content (AvgIpc) is 2.98. The van der Waals surface area contributed by atoms with Crippen LogP contribution < -0.4 is 10.1 Å². The predicted molar refractivity (Wildman–Crippen MR) is 98.6 cm³/mol. The number of carbonyl (C=O) groups excluding carboxylic acids is 1. The van der Waals surface area contributed by atoms with Crippen molar-refractivity contribution in [1.82, 2.24) is 9.29 Å². The maximum absolute atomic E-state index is 12.6. The number of nitrogens with one attached hydrogen (secondary N) is 1. The van der Waals surface area contributed by atoms with Crippen molar-refractivity contribution in [2.45, 2.75) is 32.2 Å². The Morgan fingerprint density at radius 1 is 1.44 bits per heavy atom. The first kappa shape index (κ1) is 18.1. The van der Waals surface area contributed by atoms with Gasteiger partial charge in [0.15, 0.2) is 5.13 Å². The minimum atomic E-state index is -3.42. The molecule has 1 N–H and O–H groups in total. The maximum Gasteiger partial charge on any atom is 0.244 e. The number of anilines is 1. The zero-order valence-electron chi connectivity index (χ0n) is 14.2. The minimum absolute atomic E-state index is 0.331. The number of rotatable bonds is 5. The van der Waals surface area contributed by atoms with E-state index in [-0.39, 0.29) is 5.91 Å². The van der Waals surface area contributed by atoms with Gasteiger partial charge in [-0.1, -0.05) is 23.8 Å². The number of nitrogens with zero attached hydrogens (tertiary/aromatic N) is 2. The number of para-hydroxylation sites is 1. The van der Waals surface area contributed by atoms with E-state index in [4.69, 9.17) is 4.74 Å². The Kier molecular flexibility index (Phi) is 5.26. The summed E-state index contributed by atoms with van der Waals surface area (Å²) >= 11 is 1.35. The predicted octanol–water partition coefficient (Wildman–Crippen LogP) is 2.45. The van der Waals surface area contributed by atoms with E-state index in [1.807, 2.05) is 25.1 Å². The number of benzene rings is 1. The molecule has 1 aliphatic rings. The summed E-state index contributed by atoms with van der Waals surface area (Å²) in [6.07, 6.45) is 3.27. The van der Waals surface area contributed by atoms with Gasteiger partial charge in [0.25, 0.3) is 0 Å². The van der Waals surface area contributed by atoms with Crippen LogP contribution in [-0.4, -0.2) is 49.1 Å². The van der Waals surface area contributed by atoms with E-state index in [0.29, 0.717) is 36.0 Å². The average molecular weight is 383 g/mol. The van der Waals surface area contributed by atoms with Crippen LogP contribution in [0.4, 0.5) is 5.13 Å². The van der Waals surface area contributed by atoms with Gasteiger partial charge in [-0.3, -0.25) is 4.79 Å². The van der Waals surface area contributed by atoms with Gasteiger partial charge in [-0.15, -0.1) is 0 Å². The smallest absolute Gasteiger partial charge is 0.244 e. The molecule has 1 fully saturated rings. The number of carbonyl (C=O) groups is 1. The number of fused-ring (bicyclic) bond motifs is 1. The second-order valence-corrected chi connectivity index (χ2v) is 8.90. The number of hydrogen-bond donors (Lipinski definition) is 1. The molecule has 2 aromatic rings. The molecular weight excluding hydrogens is 362 g/mol. The Hall–Kier alpha value is -1.71. The quantitative estimate of drug-likeness (QED) is 0.857. The summed E-state index contributed by atoms with van der Waals surface area (Å²) in [4.78, 5) is 17.1. The van der Waals surface area contributed by atoms with Gasteiger partial charge in [0.2, 0.25) is 15.9 Å².